The number of hydrogen-bond donors (Lipinski definition) is 1. The topological polar surface area (TPSA) is 32.3 Å². The lowest BCUT2D eigenvalue weighted by atomic mass is 9.90. The minimum absolute atomic E-state index is 0.00968. The summed E-state index contributed by atoms with van der Waals surface area (Å²) in [7, 11) is 1.19. The summed E-state index contributed by atoms with van der Waals surface area (Å²) >= 11 is 0. The van der Waals surface area contributed by atoms with E-state index in [1.165, 1.54) is 13.1 Å². The highest BCUT2D eigenvalue weighted by Crippen LogP contribution is 2.38. The lowest BCUT2D eigenvalue weighted by Gasteiger charge is -2.26. The Bertz CT molecular complexity index is 1370. The van der Waals surface area contributed by atoms with Crippen LogP contribution in [0.3, 0.4) is 0 Å². The van der Waals surface area contributed by atoms with E-state index in [0.29, 0.717) is 23.3 Å². The second kappa shape index (κ2) is 11.7. The lowest BCUT2D eigenvalue weighted by Crippen LogP contribution is -2.37. The number of hydrogen-bond acceptors (Lipinski definition) is 1. The smallest absolute Gasteiger partial charge is 0.341 e. The highest BCUT2D eigenvalue weighted by atomic mass is 19.4. The van der Waals surface area contributed by atoms with E-state index in [1.54, 1.807) is 19.1 Å². The van der Waals surface area contributed by atoms with Crippen LogP contribution in [0.25, 0.3) is 11.1 Å². The fourth-order valence-corrected chi connectivity index (χ4v) is 4.35. The first-order valence-electron chi connectivity index (χ1n) is 12.4. The van der Waals surface area contributed by atoms with Crippen LogP contribution in [-0.2, 0) is 31.6 Å². The molecule has 0 radical (unpaired) electrons. The van der Waals surface area contributed by atoms with Crippen molar-refractivity contribution in [3.63, 3.8) is 0 Å². The first-order chi connectivity index (χ1) is 18.8. The summed E-state index contributed by atoms with van der Waals surface area (Å²) < 4.78 is 121. The maximum absolute atomic E-state index is 13.7. The number of carbonyl (C=O) groups is 1. The zero-order valence-corrected chi connectivity index (χ0v) is 22.4. The van der Waals surface area contributed by atoms with Gasteiger partial charge in [-0.1, -0.05) is 38.1 Å². The second-order valence-corrected chi connectivity index (χ2v) is 9.92. The summed E-state index contributed by atoms with van der Waals surface area (Å²) in [5.74, 6) is 0.0818. The molecule has 0 saturated carbocycles. The minimum atomic E-state index is -5.11. The van der Waals surface area contributed by atoms with Crippen molar-refractivity contribution in [2.75, 3.05) is 7.05 Å². The van der Waals surface area contributed by atoms with E-state index in [1.807, 2.05) is 19.9 Å². The van der Waals surface area contributed by atoms with Crippen molar-refractivity contribution < 1.29 is 44.3 Å². The van der Waals surface area contributed by atoms with E-state index < -0.39 is 59.9 Å². The van der Waals surface area contributed by atoms with Gasteiger partial charge in [0.15, 0.2) is 0 Å². The zero-order valence-electron chi connectivity index (χ0n) is 22.4. The van der Waals surface area contributed by atoms with Crippen molar-refractivity contribution in [1.29, 1.82) is 0 Å². The Morgan fingerprint density at radius 2 is 1.29 bits per heavy atom. The van der Waals surface area contributed by atoms with Crippen LogP contribution >= 0.6 is 0 Å². The maximum atomic E-state index is 13.7. The molecule has 3 aromatic rings. The van der Waals surface area contributed by atoms with Crippen LogP contribution in [0.2, 0.25) is 0 Å². The van der Waals surface area contributed by atoms with Crippen molar-refractivity contribution in [1.82, 2.24) is 10.2 Å². The molecule has 2 amide bonds. The summed E-state index contributed by atoms with van der Waals surface area (Å²) in [6.07, 6.45) is -15.0. The molecule has 0 aromatic heterocycles. The molecule has 3 nitrogen and oxygen atoms in total. The molecule has 3 rings (SSSR count). The van der Waals surface area contributed by atoms with E-state index in [-0.39, 0.29) is 17.5 Å². The van der Waals surface area contributed by atoms with Gasteiger partial charge >= 0.3 is 24.6 Å². The summed E-state index contributed by atoms with van der Waals surface area (Å²) in [6, 6.07) is 8.45. The fraction of sp³-hybridized carbons (Fsp3) is 0.345. The Labute approximate surface area is 231 Å². The molecule has 0 unspecified atom stereocenters. The highest BCUT2D eigenvalue weighted by molar-refractivity contribution is 5.76. The number of amides is 2. The largest absolute Gasteiger partial charge is 0.416 e. The summed E-state index contributed by atoms with van der Waals surface area (Å²) in [4.78, 5) is 13.6. The molecule has 3 aromatic carbocycles. The van der Waals surface area contributed by atoms with Gasteiger partial charge in [-0.2, -0.15) is 39.5 Å². The molecular weight excluding hydrogens is 563 g/mol. The Hall–Kier alpha value is -3.70. The number of rotatable bonds is 6. The van der Waals surface area contributed by atoms with Gasteiger partial charge in [0.25, 0.3) is 0 Å². The lowest BCUT2D eigenvalue weighted by molar-refractivity contribution is -0.143. The first kappa shape index (κ1) is 31.8. The van der Waals surface area contributed by atoms with E-state index in [2.05, 4.69) is 5.32 Å². The third kappa shape index (κ3) is 7.74. The van der Waals surface area contributed by atoms with Crippen LogP contribution in [0.15, 0.2) is 54.6 Å². The van der Waals surface area contributed by atoms with Crippen LogP contribution in [0, 0.1) is 6.92 Å². The molecule has 0 aliphatic heterocycles. The molecule has 0 heterocycles. The van der Waals surface area contributed by atoms with Crippen molar-refractivity contribution in [2.24, 2.45) is 0 Å². The monoisotopic (exact) mass is 590 g/mol. The molecule has 0 aliphatic rings. The number of nitrogens with one attached hydrogen (secondary N) is 1. The Balaban J connectivity index is 2.17. The van der Waals surface area contributed by atoms with Gasteiger partial charge in [0.2, 0.25) is 0 Å². The molecule has 1 N–H and O–H groups in total. The van der Waals surface area contributed by atoms with E-state index in [4.69, 9.17) is 0 Å². The molecule has 0 aliphatic carbocycles. The summed E-state index contributed by atoms with van der Waals surface area (Å²) in [5.41, 5.74) is -2.12. The molecule has 12 heteroatoms. The molecule has 0 bridgehead atoms. The Kier molecular flexibility index (Phi) is 9.05. The number of halogens is 9. The normalized spacial score (nSPS) is 12.5. The second-order valence-electron chi connectivity index (χ2n) is 9.92. The number of alkyl halides is 9. The van der Waals surface area contributed by atoms with E-state index in [9.17, 15) is 44.3 Å². The van der Waals surface area contributed by atoms with Gasteiger partial charge in [0.1, 0.15) is 0 Å². The fourth-order valence-electron chi connectivity index (χ4n) is 4.35. The van der Waals surface area contributed by atoms with Crippen molar-refractivity contribution >= 4 is 6.03 Å². The van der Waals surface area contributed by atoms with Gasteiger partial charge in [0.05, 0.1) is 16.7 Å². The van der Waals surface area contributed by atoms with Gasteiger partial charge in [-0.05, 0) is 76.6 Å². The average molecular weight is 591 g/mol. The number of urea groups is 1. The van der Waals surface area contributed by atoms with Crippen LogP contribution in [0.4, 0.5) is 44.3 Å². The SMILES string of the molecule is CNC(=O)N(Cc1cc(C(F)(F)F)cc(C(F)(F)F)c1)Cc1cc(C(F)(F)F)ccc1-c1cc(C(C)C)ccc1C. The molecule has 0 atom stereocenters. The van der Waals surface area contributed by atoms with Crippen LogP contribution in [0.5, 0.6) is 0 Å². The highest BCUT2D eigenvalue weighted by Gasteiger charge is 2.37. The average Bonchev–Trinajstić information content (AvgIpc) is 2.86. The van der Waals surface area contributed by atoms with E-state index in [0.717, 1.165) is 28.2 Å². The van der Waals surface area contributed by atoms with Crippen molar-refractivity contribution in [3.8, 4) is 11.1 Å². The minimum Gasteiger partial charge on any atom is -0.341 e. The number of aryl methyl sites for hydroxylation is 1. The predicted octanol–water partition coefficient (Wildman–Crippen LogP) is 9.18. The number of nitrogens with zero attached hydrogens (tertiary/aromatic N) is 1. The van der Waals surface area contributed by atoms with Gasteiger partial charge in [-0.15, -0.1) is 0 Å². The predicted molar refractivity (Wildman–Crippen MR) is 136 cm³/mol. The van der Waals surface area contributed by atoms with Crippen molar-refractivity contribution in [3.05, 3.63) is 93.5 Å². The van der Waals surface area contributed by atoms with Gasteiger partial charge in [0, 0.05) is 20.1 Å². The molecule has 41 heavy (non-hydrogen) atoms. The molecule has 0 saturated heterocycles. The zero-order chi connectivity index (χ0) is 30.9. The Morgan fingerprint density at radius 1 is 0.732 bits per heavy atom. The van der Waals surface area contributed by atoms with Crippen molar-refractivity contribution in [2.45, 2.75) is 58.3 Å². The third-order valence-electron chi connectivity index (χ3n) is 6.53. The standard InChI is InChI=1S/C29H27F9N2O/c1-16(2)19-6-5-17(3)25(12-19)24-8-7-21(27(30,31)32)11-20(24)15-40(26(41)39-4)14-18-9-22(28(33,34)35)13-23(10-18)29(36,37)38/h5-13,16H,14-15H2,1-4H3,(H,39,41). The maximum Gasteiger partial charge on any atom is 0.416 e. The summed E-state index contributed by atoms with van der Waals surface area (Å²) in [5, 5.41) is 2.26. The molecule has 0 fully saturated rings. The first-order valence-corrected chi connectivity index (χ1v) is 12.4. The van der Waals surface area contributed by atoms with Crippen LogP contribution < -0.4 is 5.32 Å². The third-order valence-corrected chi connectivity index (χ3v) is 6.53. The number of carbonyl (C=O) groups excluding carboxylic acids is 1. The van der Waals surface area contributed by atoms with Gasteiger partial charge in [-0.25, -0.2) is 4.79 Å². The quantitative estimate of drug-likeness (QED) is 0.285. The van der Waals surface area contributed by atoms with Gasteiger partial charge < -0.3 is 10.2 Å². The molecule has 222 valence electrons. The summed E-state index contributed by atoms with van der Waals surface area (Å²) in [6.45, 7) is 4.33. The molecular formula is C29H27F9N2O. The Morgan fingerprint density at radius 3 is 1.78 bits per heavy atom. The molecule has 0 spiro atoms. The van der Waals surface area contributed by atoms with Crippen LogP contribution in [0.1, 0.15) is 58.7 Å². The van der Waals surface area contributed by atoms with Crippen LogP contribution in [-0.4, -0.2) is 18.0 Å². The van der Waals surface area contributed by atoms with E-state index >= 15 is 0 Å². The van der Waals surface area contributed by atoms with Gasteiger partial charge in [-0.3, -0.25) is 0 Å². The number of benzene rings is 3.